The quantitative estimate of drug-likeness (QED) is 0.529. The zero-order chi connectivity index (χ0) is 24.7. The molecule has 0 bridgehead atoms. The molecule has 2 atom stereocenters. The summed E-state index contributed by atoms with van der Waals surface area (Å²) in [6.45, 7) is 4.46. The van der Waals surface area contributed by atoms with Gasteiger partial charge < -0.3 is 15.0 Å². The van der Waals surface area contributed by atoms with Crippen molar-refractivity contribution >= 4 is 17.8 Å². The number of carbonyl (C=O) groups excluding carboxylic acids is 1. The van der Waals surface area contributed by atoms with Crippen LogP contribution in [0.25, 0.3) is 11.3 Å². The highest BCUT2D eigenvalue weighted by molar-refractivity contribution is 5.65. The number of nitrogens with one attached hydrogen (secondary N) is 1. The summed E-state index contributed by atoms with van der Waals surface area (Å²) < 4.78 is 39.2. The Hall–Kier alpha value is -3.40. The third kappa shape index (κ3) is 6.57. The predicted molar refractivity (Wildman–Crippen MR) is 124 cm³/mol. The number of hydrogen-bond acceptors (Lipinski definition) is 7. The van der Waals surface area contributed by atoms with Crippen LogP contribution >= 0.6 is 0 Å². The van der Waals surface area contributed by atoms with E-state index in [0.717, 1.165) is 43.5 Å². The molecule has 180 valence electrons. The molecule has 0 aliphatic carbocycles. The minimum Gasteiger partial charge on any atom is -0.339 e. The van der Waals surface area contributed by atoms with Crippen LogP contribution in [0.4, 0.5) is 24.7 Å². The van der Waals surface area contributed by atoms with Crippen LogP contribution in [-0.4, -0.2) is 50.8 Å². The molecule has 1 saturated heterocycles. The fourth-order valence-corrected chi connectivity index (χ4v) is 3.68. The van der Waals surface area contributed by atoms with Crippen molar-refractivity contribution in [3.05, 3.63) is 60.4 Å². The summed E-state index contributed by atoms with van der Waals surface area (Å²) in [5, 5.41) is 2.98. The van der Waals surface area contributed by atoms with Crippen LogP contribution < -0.4 is 5.32 Å². The molecule has 0 spiro atoms. The highest BCUT2D eigenvalue weighted by Gasteiger charge is 2.31. The number of alkyl halides is 3. The minimum absolute atomic E-state index is 0.137. The largest absolute Gasteiger partial charge is 0.417 e. The van der Waals surface area contributed by atoms with E-state index in [4.69, 9.17) is 9.78 Å². The highest BCUT2D eigenvalue weighted by atomic mass is 19.4. The molecule has 0 radical (unpaired) electrons. The van der Waals surface area contributed by atoms with Crippen molar-refractivity contribution in [2.75, 3.05) is 18.9 Å². The molecule has 0 aromatic carbocycles. The molecule has 1 aliphatic heterocycles. The van der Waals surface area contributed by atoms with Gasteiger partial charge >= 0.3 is 6.18 Å². The van der Waals surface area contributed by atoms with E-state index in [0.29, 0.717) is 23.4 Å². The first-order valence-corrected chi connectivity index (χ1v) is 10.9. The van der Waals surface area contributed by atoms with E-state index in [9.17, 15) is 13.2 Å². The highest BCUT2D eigenvalue weighted by Crippen LogP contribution is 2.32. The van der Waals surface area contributed by atoms with Crippen LogP contribution in [0.3, 0.4) is 0 Å². The average molecular weight is 473 g/mol. The van der Waals surface area contributed by atoms with Crippen LogP contribution in [-0.2, 0) is 11.0 Å². The van der Waals surface area contributed by atoms with Gasteiger partial charge in [-0.25, -0.2) is 9.97 Å². The maximum Gasteiger partial charge on any atom is 0.417 e. The molecule has 3 aromatic heterocycles. The van der Waals surface area contributed by atoms with Gasteiger partial charge in [0.05, 0.1) is 23.1 Å². The molecule has 34 heavy (non-hydrogen) atoms. The van der Waals surface area contributed by atoms with E-state index in [-0.39, 0.29) is 11.6 Å². The Labute approximate surface area is 196 Å². The lowest BCUT2D eigenvalue weighted by Crippen LogP contribution is -2.38. The Balaban J connectivity index is 0.00000103. The minimum atomic E-state index is -4.47. The number of likely N-dealkylation sites (tertiary alicyclic amines) is 1. The summed E-state index contributed by atoms with van der Waals surface area (Å²) in [5.74, 6) is 1.23. The van der Waals surface area contributed by atoms with Crippen molar-refractivity contribution in [2.24, 2.45) is 0 Å². The van der Waals surface area contributed by atoms with Crippen molar-refractivity contribution in [3.8, 4) is 11.3 Å². The molecule has 0 unspecified atom stereocenters. The molecule has 10 heteroatoms. The number of piperidine rings is 1. The zero-order valence-electron chi connectivity index (χ0n) is 19.3. The zero-order valence-corrected chi connectivity index (χ0v) is 19.3. The molecular formula is C24H27F3N6O. The SMILES string of the molecule is CC=O.C[C@H]1CC[C@@H](c2nc(Nc3cncc(C(F)(F)F)c3)cc(-c3cccnc3)n2)CN1C. The molecule has 4 heterocycles. The molecule has 1 fully saturated rings. The fraction of sp³-hybridized carbons (Fsp3) is 0.375. The molecule has 7 nitrogen and oxygen atoms in total. The lowest BCUT2D eigenvalue weighted by molar-refractivity contribution is -0.137. The molecule has 1 aliphatic rings. The van der Waals surface area contributed by atoms with Gasteiger partial charge in [-0.1, -0.05) is 0 Å². The van der Waals surface area contributed by atoms with Gasteiger partial charge in [0, 0.05) is 48.7 Å². The summed E-state index contributed by atoms with van der Waals surface area (Å²) in [6, 6.07) is 6.94. The molecule has 1 N–H and O–H groups in total. The second-order valence-corrected chi connectivity index (χ2v) is 8.12. The van der Waals surface area contributed by atoms with Gasteiger partial charge in [0.15, 0.2) is 0 Å². The van der Waals surface area contributed by atoms with E-state index in [2.05, 4.69) is 39.1 Å². The van der Waals surface area contributed by atoms with Crippen molar-refractivity contribution in [2.45, 2.75) is 44.8 Å². The number of nitrogens with zero attached hydrogens (tertiary/aromatic N) is 5. The second-order valence-electron chi connectivity index (χ2n) is 8.12. The van der Waals surface area contributed by atoms with Crippen molar-refractivity contribution in [1.29, 1.82) is 0 Å². The number of halogens is 3. The third-order valence-electron chi connectivity index (χ3n) is 5.60. The van der Waals surface area contributed by atoms with Crippen LogP contribution in [0.1, 0.15) is 44.0 Å². The van der Waals surface area contributed by atoms with E-state index in [1.54, 1.807) is 18.5 Å². The number of likely N-dealkylation sites (N-methyl/N-ethyl adjacent to an activating group) is 1. The Morgan fingerprint density at radius 3 is 2.53 bits per heavy atom. The Morgan fingerprint density at radius 2 is 1.88 bits per heavy atom. The van der Waals surface area contributed by atoms with E-state index < -0.39 is 11.7 Å². The van der Waals surface area contributed by atoms with Crippen molar-refractivity contribution in [1.82, 2.24) is 24.8 Å². The lowest BCUT2D eigenvalue weighted by atomic mass is 9.93. The molecular weight excluding hydrogens is 445 g/mol. The standard InChI is InChI=1S/C22H23F3N6.C2H4O/c1-14-5-6-16(13-31(14)2)21-29-19(15-4-3-7-26-10-15)9-20(30-21)28-18-8-17(11-27-12-18)22(23,24)25;1-2-3/h3-4,7-12,14,16H,5-6,13H2,1-2H3,(H,28,29,30);2H,1H3/t14-,16+;/m0./s1. The fourth-order valence-electron chi connectivity index (χ4n) is 3.68. The maximum absolute atomic E-state index is 13.1. The van der Waals surface area contributed by atoms with Crippen molar-refractivity contribution in [3.63, 3.8) is 0 Å². The maximum atomic E-state index is 13.1. The molecule has 0 saturated carbocycles. The van der Waals surface area contributed by atoms with Crippen LogP contribution in [0.2, 0.25) is 0 Å². The normalized spacial score (nSPS) is 18.5. The third-order valence-corrected chi connectivity index (χ3v) is 5.60. The number of rotatable bonds is 4. The van der Waals surface area contributed by atoms with Crippen LogP contribution in [0.15, 0.2) is 49.1 Å². The Kier molecular flexibility index (Phi) is 8.27. The van der Waals surface area contributed by atoms with Crippen LogP contribution in [0.5, 0.6) is 0 Å². The van der Waals surface area contributed by atoms with Crippen LogP contribution in [0, 0.1) is 0 Å². The lowest BCUT2D eigenvalue weighted by Gasteiger charge is -2.34. The molecule has 3 aromatic rings. The topological polar surface area (TPSA) is 83.9 Å². The monoisotopic (exact) mass is 472 g/mol. The van der Waals surface area contributed by atoms with Gasteiger partial charge in [0.2, 0.25) is 0 Å². The van der Waals surface area contributed by atoms with Gasteiger partial charge in [-0.3, -0.25) is 9.97 Å². The number of pyridine rings is 2. The van der Waals surface area contributed by atoms with Crippen molar-refractivity contribution < 1.29 is 18.0 Å². The molecule has 4 rings (SSSR count). The Morgan fingerprint density at radius 1 is 1.12 bits per heavy atom. The number of aromatic nitrogens is 4. The predicted octanol–water partition coefficient (Wildman–Crippen LogP) is 5.10. The van der Waals surface area contributed by atoms with Gasteiger partial charge in [-0.2, -0.15) is 13.2 Å². The van der Waals surface area contributed by atoms with E-state index >= 15 is 0 Å². The first-order valence-electron chi connectivity index (χ1n) is 10.9. The van der Waals surface area contributed by atoms with E-state index in [1.165, 1.54) is 13.1 Å². The van der Waals surface area contributed by atoms with E-state index in [1.807, 2.05) is 12.1 Å². The summed E-state index contributed by atoms with van der Waals surface area (Å²) in [4.78, 5) is 28.4. The average Bonchev–Trinajstić information content (AvgIpc) is 2.81. The summed E-state index contributed by atoms with van der Waals surface area (Å²) in [7, 11) is 2.08. The van der Waals surface area contributed by atoms with Gasteiger partial charge in [0.1, 0.15) is 17.9 Å². The Bertz CT molecular complexity index is 1090. The smallest absolute Gasteiger partial charge is 0.339 e. The summed E-state index contributed by atoms with van der Waals surface area (Å²) in [6.07, 6.45) is 3.79. The summed E-state index contributed by atoms with van der Waals surface area (Å²) >= 11 is 0. The first-order chi connectivity index (χ1) is 16.2. The second kappa shape index (κ2) is 11.1. The van der Waals surface area contributed by atoms with Gasteiger partial charge in [-0.15, -0.1) is 0 Å². The first kappa shape index (κ1) is 25.2. The summed E-state index contributed by atoms with van der Waals surface area (Å²) in [5.41, 5.74) is 0.879. The number of aldehydes is 1. The molecule has 0 amide bonds. The van der Waals surface area contributed by atoms with Gasteiger partial charge in [-0.05, 0) is 51.9 Å². The number of carbonyl (C=O) groups is 1. The number of hydrogen-bond donors (Lipinski definition) is 1. The van der Waals surface area contributed by atoms with Gasteiger partial charge in [0.25, 0.3) is 0 Å². The number of anilines is 2.